The highest BCUT2D eigenvalue weighted by Crippen LogP contribution is 2.10. The lowest BCUT2D eigenvalue weighted by Crippen LogP contribution is -2.26. The average Bonchev–Trinajstić information content (AvgIpc) is 2.83. The van der Waals surface area contributed by atoms with Gasteiger partial charge in [0.1, 0.15) is 11.5 Å². The van der Waals surface area contributed by atoms with E-state index < -0.39 is 0 Å². The van der Waals surface area contributed by atoms with Crippen LogP contribution in [0, 0.1) is 6.92 Å². The molecule has 0 fully saturated rings. The molecule has 1 amide bonds. The van der Waals surface area contributed by atoms with Crippen molar-refractivity contribution in [2.75, 3.05) is 7.05 Å². The molecule has 0 bridgehead atoms. The Bertz CT molecular complexity index is 566. The monoisotopic (exact) mass is 295 g/mol. The fourth-order valence-electron chi connectivity index (χ4n) is 1.81. The summed E-state index contributed by atoms with van der Waals surface area (Å²) in [5.74, 6) is 0.687. The summed E-state index contributed by atoms with van der Waals surface area (Å²) in [6.45, 7) is 2.72. The van der Waals surface area contributed by atoms with Crippen LogP contribution >= 0.6 is 12.4 Å². The zero-order valence-electron chi connectivity index (χ0n) is 11.5. The van der Waals surface area contributed by atoms with Gasteiger partial charge in [0.25, 0.3) is 5.91 Å². The highest BCUT2D eigenvalue weighted by Gasteiger charge is 2.13. The van der Waals surface area contributed by atoms with Gasteiger partial charge in [-0.25, -0.2) is 0 Å². The standard InChI is InChI=1S/C14H17N3O2.ClH/c1-10-7-13(16-19-10)9-17(2)14(18)12-5-3-11(8-15)4-6-12;/h3-7H,8-9,15H2,1-2H3;1H. The van der Waals surface area contributed by atoms with Crippen LogP contribution in [0.1, 0.15) is 27.4 Å². The molecule has 0 aliphatic rings. The number of nitrogens with two attached hydrogens (primary N) is 1. The highest BCUT2D eigenvalue weighted by molar-refractivity contribution is 5.94. The van der Waals surface area contributed by atoms with E-state index in [0.717, 1.165) is 17.0 Å². The van der Waals surface area contributed by atoms with Gasteiger partial charge in [-0.1, -0.05) is 17.3 Å². The quantitative estimate of drug-likeness (QED) is 0.938. The maximum atomic E-state index is 12.2. The fourth-order valence-corrected chi connectivity index (χ4v) is 1.81. The van der Waals surface area contributed by atoms with Crippen LogP contribution in [-0.2, 0) is 13.1 Å². The van der Waals surface area contributed by atoms with Gasteiger partial charge in [-0.2, -0.15) is 0 Å². The summed E-state index contributed by atoms with van der Waals surface area (Å²) in [6, 6.07) is 9.12. The summed E-state index contributed by atoms with van der Waals surface area (Å²) in [5, 5.41) is 3.87. The minimum Gasteiger partial charge on any atom is -0.361 e. The molecule has 0 saturated heterocycles. The van der Waals surface area contributed by atoms with Crippen molar-refractivity contribution in [1.29, 1.82) is 0 Å². The van der Waals surface area contributed by atoms with Gasteiger partial charge in [0.2, 0.25) is 0 Å². The van der Waals surface area contributed by atoms with Gasteiger partial charge in [0.15, 0.2) is 0 Å². The molecule has 20 heavy (non-hydrogen) atoms. The number of benzene rings is 1. The normalized spacial score (nSPS) is 9.95. The Morgan fingerprint density at radius 2 is 2.00 bits per heavy atom. The van der Waals surface area contributed by atoms with E-state index in [1.807, 2.05) is 25.1 Å². The third-order valence-electron chi connectivity index (χ3n) is 2.86. The van der Waals surface area contributed by atoms with Crippen LogP contribution < -0.4 is 5.73 Å². The second-order valence-corrected chi connectivity index (χ2v) is 4.49. The van der Waals surface area contributed by atoms with E-state index in [1.54, 1.807) is 24.1 Å². The summed E-state index contributed by atoms with van der Waals surface area (Å²) in [4.78, 5) is 13.8. The zero-order valence-corrected chi connectivity index (χ0v) is 12.3. The number of rotatable bonds is 4. The van der Waals surface area contributed by atoms with Crippen LogP contribution in [0.15, 0.2) is 34.9 Å². The van der Waals surface area contributed by atoms with Crippen molar-refractivity contribution in [3.8, 4) is 0 Å². The Balaban J connectivity index is 0.00000200. The first-order valence-corrected chi connectivity index (χ1v) is 6.07. The Morgan fingerprint density at radius 3 is 2.50 bits per heavy atom. The molecule has 5 nitrogen and oxygen atoms in total. The zero-order chi connectivity index (χ0) is 13.8. The van der Waals surface area contributed by atoms with Gasteiger partial charge >= 0.3 is 0 Å². The number of aromatic nitrogens is 1. The summed E-state index contributed by atoms with van der Waals surface area (Å²) in [6.07, 6.45) is 0. The summed E-state index contributed by atoms with van der Waals surface area (Å²) >= 11 is 0. The van der Waals surface area contributed by atoms with Crippen LogP contribution in [0.25, 0.3) is 0 Å². The van der Waals surface area contributed by atoms with Crippen molar-refractivity contribution in [3.05, 3.63) is 52.9 Å². The third-order valence-corrected chi connectivity index (χ3v) is 2.86. The van der Waals surface area contributed by atoms with Gasteiger partial charge in [-0.05, 0) is 24.6 Å². The number of nitrogens with zero attached hydrogens (tertiary/aromatic N) is 2. The van der Waals surface area contributed by atoms with Crippen molar-refractivity contribution >= 4 is 18.3 Å². The Kier molecular flexibility index (Phi) is 5.73. The second-order valence-electron chi connectivity index (χ2n) is 4.49. The minimum absolute atomic E-state index is 0. The van der Waals surface area contributed by atoms with E-state index in [2.05, 4.69) is 5.16 Å². The Hall–Kier alpha value is -1.85. The lowest BCUT2D eigenvalue weighted by Gasteiger charge is -2.15. The van der Waals surface area contributed by atoms with Gasteiger partial charge in [0, 0.05) is 25.2 Å². The van der Waals surface area contributed by atoms with E-state index in [1.165, 1.54) is 0 Å². The number of carbonyl (C=O) groups excluding carboxylic acids is 1. The average molecular weight is 296 g/mol. The number of hydrogen-bond acceptors (Lipinski definition) is 4. The van der Waals surface area contributed by atoms with Crippen molar-refractivity contribution in [2.24, 2.45) is 5.73 Å². The van der Waals surface area contributed by atoms with E-state index in [0.29, 0.717) is 18.7 Å². The molecule has 1 aromatic carbocycles. The fraction of sp³-hybridized carbons (Fsp3) is 0.286. The molecule has 1 heterocycles. The van der Waals surface area contributed by atoms with Crippen LogP contribution in [0.3, 0.4) is 0 Å². The molecule has 2 aromatic rings. The first kappa shape index (κ1) is 16.2. The first-order valence-electron chi connectivity index (χ1n) is 6.07. The maximum absolute atomic E-state index is 12.2. The lowest BCUT2D eigenvalue weighted by atomic mass is 10.1. The van der Waals surface area contributed by atoms with Crippen LogP contribution in [0.5, 0.6) is 0 Å². The molecule has 0 saturated carbocycles. The van der Waals surface area contributed by atoms with Gasteiger partial charge in [0.05, 0.1) is 6.54 Å². The Morgan fingerprint density at radius 1 is 1.35 bits per heavy atom. The molecule has 0 spiro atoms. The maximum Gasteiger partial charge on any atom is 0.253 e. The van der Waals surface area contributed by atoms with E-state index >= 15 is 0 Å². The molecule has 0 unspecified atom stereocenters. The van der Waals surface area contributed by atoms with Gasteiger partial charge in [-0.3, -0.25) is 4.79 Å². The third kappa shape index (κ3) is 3.82. The lowest BCUT2D eigenvalue weighted by molar-refractivity contribution is 0.0782. The number of amides is 1. The molecule has 0 aliphatic carbocycles. The van der Waals surface area contributed by atoms with E-state index in [9.17, 15) is 4.79 Å². The van der Waals surface area contributed by atoms with Crippen LogP contribution in [0.2, 0.25) is 0 Å². The van der Waals surface area contributed by atoms with E-state index in [-0.39, 0.29) is 18.3 Å². The first-order chi connectivity index (χ1) is 9.10. The highest BCUT2D eigenvalue weighted by atomic mass is 35.5. The van der Waals surface area contributed by atoms with E-state index in [4.69, 9.17) is 10.3 Å². The second kappa shape index (κ2) is 7.07. The predicted octanol–water partition coefficient (Wildman–Crippen LogP) is 2.14. The van der Waals surface area contributed by atoms with Gasteiger partial charge in [-0.15, -0.1) is 12.4 Å². The molecule has 0 aliphatic heterocycles. The minimum atomic E-state index is -0.0516. The molecule has 108 valence electrons. The molecule has 0 atom stereocenters. The number of halogens is 1. The topological polar surface area (TPSA) is 72.4 Å². The Labute approximate surface area is 124 Å². The smallest absolute Gasteiger partial charge is 0.253 e. The van der Waals surface area contributed by atoms with Gasteiger partial charge < -0.3 is 15.2 Å². The number of carbonyl (C=O) groups is 1. The molecular weight excluding hydrogens is 278 g/mol. The number of aryl methyl sites for hydroxylation is 1. The van der Waals surface area contributed by atoms with Crippen molar-refractivity contribution in [1.82, 2.24) is 10.1 Å². The molecule has 2 N–H and O–H groups in total. The molecule has 6 heteroatoms. The van der Waals surface area contributed by atoms with Crippen molar-refractivity contribution in [3.63, 3.8) is 0 Å². The summed E-state index contributed by atoms with van der Waals surface area (Å²) < 4.78 is 4.98. The molecular formula is C14H18ClN3O2. The molecule has 2 rings (SSSR count). The SMILES string of the molecule is Cc1cc(CN(C)C(=O)c2ccc(CN)cc2)no1.Cl. The molecule has 0 radical (unpaired) electrons. The molecule has 1 aromatic heterocycles. The predicted molar refractivity (Wildman–Crippen MR) is 78.6 cm³/mol. The summed E-state index contributed by atoms with van der Waals surface area (Å²) in [5.41, 5.74) is 7.91. The van der Waals surface area contributed by atoms with Crippen LogP contribution in [-0.4, -0.2) is 23.0 Å². The van der Waals surface area contributed by atoms with Crippen molar-refractivity contribution in [2.45, 2.75) is 20.0 Å². The van der Waals surface area contributed by atoms with Crippen LogP contribution in [0.4, 0.5) is 0 Å². The summed E-state index contributed by atoms with van der Waals surface area (Å²) in [7, 11) is 1.74. The largest absolute Gasteiger partial charge is 0.361 e. The number of hydrogen-bond donors (Lipinski definition) is 1. The van der Waals surface area contributed by atoms with Crippen molar-refractivity contribution < 1.29 is 9.32 Å².